The van der Waals surface area contributed by atoms with Gasteiger partial charge in [0.05, 0.1) is 11.3 Å². The highest BCUT2D eigenvalue weighted by molar-refractivity contribution is 7.17. The van der Waals surface area contributed by atoms with Gasteiger partial charge in [-0.2, -0.15) is 5.10 Å². The molecule has 0 bridgehead atoms. The van der Waals surface area contributed by atoms with Crippen LogP contribution in [0.5, 0.6) is 0 Å². The number of hydrogen-bond donors (Lipinski definition) is 2. The Bertz CT molecular complexity index is 1310. The lowest BCUT2D eigenvalue weighted by Crippen LogP contribution is -2.19. The van der Waals surface area contributed by atoms with Crippen LogP contribution in [0.3, 0.4) is 0 Å². The van der Waals surface area contributed by atoms with E-state index in [1.807, 2.05) is 35.7 Å². The van der Waals surface area contributed by atoms with Crippen molar-refractivity contribution in [2.24, 2.45) is 5.10 Å². The molecular formula is C24H18FN3O2S. The Balaban J connectivity index is 1.47. The minimum absolute atomic E-state index is 0.228. The van der Waals surface area contributed by atoms with Gasteiger partial charge in [0.15, 0.2) is 0 Å². The predicted molar refractivity (Wildman–Crippen MR) is 122 cm³/mol. The van der Waals surface area contributed by atoms with E-state index in [1.54, 1.807) is 31.2 Å². The zero-order chi connectivity index (χ0) is 21.8. The van der Waals surface area contributed by atoms with E-state index in [4.69, 9.17) is 0 Å². The van der Waals surface area contributed by atoms with Gasteiger partial charge in [-0.15, -0.1) is 11.3 Å². The number of anilines is 1. The molecular weight excluding hydrogens is 413 g/mol. The summed E-state index contributed by atoms with van der Waals surface area (Å²) >= 11 is 1.51. The first-order valence-electron chi connectivity index (χ1n) is 9.49. The molecule has 4 aromatic rings. The average Bonchev–Trinajstić information content (AvgIpc) is 3.22. The number of nitrogens with zero attached hydrogens (tertiary/aromatic N) is 1. The van der Waals surface area contributed by atoms with Gasteiger partial charge in [-0.1, -0.05) is 36.4 Å². The van der Waals surface area contributed by atoms with Gasteiger partial charge < -0.3 is 5.32 Å². The number of benzene rings is 3. The van der Waals surface area contributed by atoms with Crippen LogP contribution in [0.4, 0.5) is 10.1 Å². The molecule has 0 radical (unpaired) electrons. The van der Waals surface area contributed by atoms with Gasteiger partial charge in [-0.25, -0.2) is 9.82 Å². The number of hydrazone groups is 1. The fourth-order valence-electron chi connectivity index (χ4n) is 3.07. The van der Waals surface area contributed by atoms with Gasteiger partial charge in [-0.05, 0) is 48.9 Å². The normalized spacial score (nSPS) is 11.4. The van der Waals surface area contributed by atoms with E-state index >= 15 is 0 Å². The average molecular weight is 431 g/mol. The Morgan fingerprint density at radius 3 is 2.52 bits per heavy atom. The molecule has 0 fully saturated rings. The van der Waals surface area contributed by atoms with Crippen molar-refractivity contribution < 1.29 is 14.0 Å². The fraction of sp³-hybridized carbons (Fsp3) is 0.0417. The minimum Gasteiger partial charge on any atom is -0.322 e. The number of rotatable bonds is 5. The highest BCUT2D eigenvalue weighted by Gasteiger charge is 2.12. The summed E-state index contributed by atoms with van der Waals surface area (Å²) in [6, 6.07) is 20.2. The smallest absolute Gasteiger partial charge is 0.272 e. The lowest BCUT2D eigenvalue weighted by molar-refractivity contribution is 0.0956. The first-order chi connectivity index (χ1) is 15.0. The predicted octanol–water partition coefficient (Wildman–Crippen LogP) is 5.45. The molecule has 154 valence electrons. The van der Waals surface area contributed by atoms with E-state index in [0.717, 1.165) is 15.6 Å². The van der Waals surface area contributed by atoms with Crippen LogP contribution in [-0.4, -0.2) is 17.5 Å². The second-order valence-electron chi connectivity index (χ2n) is 6.83. The number of carbonyl (C=O) groups excluding carboxylic acids is 2. The summed E-state index contributed by atoms with van der Waals surface area (Å²) in [5, 5.41) is 9.65. The molecule has 0 spiro atoms. The molecule has 0 aliphatic rings. The maximum Gasteiger partial charge on any atom is 0.272 e. The molecule has 7 heteroatoms. The highest BCUT2D eigenvalue weighted by atomic mass is 32.1. The summed E-state index contributed by atoms with van der Waals surface area (Å²) in [5.74, 6) is -1.17. The van der Waals surface area contributed by atoms with Crippen LogP contribution >= 0.6 is 11.3 Å². The molecule has 0 saturated carbocycles. The molecule has 1 heterocycles. The maximum atomic E-state index is 13.3. The summed E-state index contributed by atoms with van der Waals surface area (Å²) < 4.78 is 14.4. The van der Waals surface area contributed by atoms with Gasteiger partial charge in [-0.3, -0.25) is 9.59 Å². The Morgan fingerprint density at radius 1 is 0.903 bits per heavy atom. The van der Waals surface area contributed by atoms with Crippen LogP contribution in [0.25, 0.3) is 10.1 Å². The molecule has 4 rings (SSSR count). The van der Waals surface area contributed by atoms with E-state index < -0.39 is 11.7 Å². The van der Waals surface area contributed by atoms with Crippen LogP contribution < -0.4 is 10.7 Å². The van der Waals surface area contributed by atoms with Crippen molar-refractivity contribution in [2.75, 3.05) is 5.32 Å². The first-order valence-corrected chi connectivity index (χ1v) is 10.4. The lowest BCUT2D eigenvalue weighted by atomic mass is 10.1. The van der Waals surface area contributed by atoms with Crippen LogP contribution in [0, 0.1) is 5.82 Å². The van der Waals surface area contributed by atoms with Crippen molar-refractivity contribution >= 4 is 44.6 Å². The summed E-state index contributed by atoms with van der Waals surface area (Å²) in [6.45, 7) is 1.76. The molecule has 0 unspecified atom stereocenters. The number of carbonyl (C=O) groups is 2. The number of fused-ring (bicyclic) bond motifs is 1. The standard InChI is InChI=1S/C24H18FN3O2S/c1-15(27-28-24(30)21-14-31-22-11-3-2-10-20(21)22)16-6-5-9-19(13-16)26-23(29)17-7-4-8-18(25)12-17/h2-14H,1H3,(H,26,29)(H,28,30)/b27-15-. The number of hydrogen-bond acceptors (Lipinski definition) is 4. The monoisotopic (exact) mass is 431 g/mol. The van der Waals surface area contributed by atoms with Gasteiger partial charge in [0, 0.05) is 26.7 Å². The third-order valence-corrected chi connectivity index (χ3v) is 5.64. The van der Waals surface area contributed by atoms with Crippen LogP contribution in [0.1, 0.15) is 33.2 Å². The molecule has 0 aliphatic carbocycles. The topological polar surface area (TPSA) is 70.6 Å². The molecule has 5 nitrogen and oxygen atoms in total. The van der Waals surface area contributed by atoms with Gasteiger partial charge in [0.25, 0.3) is 11.8 Å². The second-order valence-corrected chi connectivity index (χ2v) is 7.74. The Morgan fingerprint density at radius 2 is 1.68 bits per heavy atom. The molecule has 0 aliphatic heterocycles. The number of thiophene rings is 1. The quantitative estimate of drug-likeness (QED) is 0.326. The van der Waals surface area contributed by atoms with Crippen molar-refractivity contribution in [2.45, 2.75) is 6.92 Å². The third-order valence-electron chi connectivity index (χ3n) is 4.68. The molecule has 3 aromatic carbocycles. The third kappa shape index (κ3) is 4.67. The van der Waals surface area contributed by atoms with E-state index in [-0.39, 0.29) is 11.5 Å². The number of amides is 2. The fourth-order valence-corrected chi connectivity index (χ4v) is 4.01. The van der Waals surface area contributed by atoms with E-state index in [1.165, 1.54) is 29.5 Å². The Hall–Kier alpha value is -3.84. The summed E-state index contributed by atoms with van der Waals surface area (Å²) in [5.41, 5.74) is 5.25. The summed E-state index contributed by atoms with van der Waals surface area (Å²) in [6.07, 6.45) is 0. The van der Waals surface area contributed by atoms with Crippen LogP contribution in [0.2, 0.25) is 0 Å². The Kier molecular flexibility index (Phi) is 5.86. The summed E-state index contributed by atoms with van der Waals surface area (Å²) in [7, 11) is 0. The van der Waals surface area contributed by atoms with Crippen LogP contribution in [0.15, 0.2) is 83.3 Å². The molecule has 31 heavy (non-hydrogen) atoms. The van der Waals surface area contributed by atoms with Crippen molar-refractivity contribution in [3.8, 4) is 0 Å². The molecule has 2 amide bonds. The molecule has 1 aromatic heterocycles. The lowest BCUT2D eigenvalue weighted by Gasteiger charge is -2.08. The summed E-state index contributed by atoms with van der Waals surface area (Å²) in [4.78, 5) is 24.9. The van der Waals surface area contributed by atoms with Crippen molar-refractivity contribution in [1.29, 1.82) is 0 Å². The minimum atomic E-state index is -0.474. The maximum absolute atomic E-state index is 13.3. The SMILES string of the molecule is C/C(=N/NC(=O)c1csc2ccccc12)c1cccc(NC(=O)c2cccc(F)c2)c1. The number of nitrogens with one attached hydrogen (secondary N) is 2. The van der Waals surface area contributed by atoms with Gasteiger partial charge in [0.1, 0.15) is 5.82 Å². The van der Waals surface area contributed by atoms with Crippen molar-refractivity contribution in [1.82, 2.24) is 5.43 Å². The Labute approximate surface area is 182 Å². The molecule has 0 atom stereocenters. The largest absolute Gasteiger partial charge is 0.322 e. The van der Waals surface area contributed by atoms with E-state index in [2.05, 4.69) is 15.8 Å². The second kappa shape index (κ2) is 8.89. The van der Waals surface area contributed by atoms with E-state index in [9.17, 15) is 14.0 Å². The van der Waals surface area contributed by atoms with E-state index in [0.29, 0.717) is 17.0 Å². The first kappa shape index (κ1) is 20.4. The zero-order valence-electron chi connectivity index (χ0n) is 16.6. The van der Waals surface area contributed by atoms with Crippen molar-refractivity contribution in [3.05, 3.63) is 101 Å². The number of halogens is 1. The van der Waals surface area contributed by atoms with Crippen LogP contribution in [-0.2, 0) is 0 Å². The van der Waals surface area contributed by atoms with Gasteiger partial charge >= 0.3 is 0 Å². The van der Waals surface area contributed by atoms with Crippen molar-refractivity contribution in [3.63, 3.8) is 0 Å². The zero-order valence-corrected chi connectivity index (χ0v) is 17.4. The highest BCUT2D eigenvalue weighted by Crippen LogP contribution is 2.25. The molecule has 0 saturated heterocycles. The molecule has 2 N–H and O–H groups in total. The van der Waals surface area contributed by atoms with Gasteiger partial charge in [0.2, 0.25) is 0 Å².